The zero-order valence-corrected chi connectivity index (χ0v) is 12.1. The molecule has 2 N–H and O–H groups in total. The van der Waals surface area contributed by atoms with E-state index in [0.717, 1.165) is 19.5 Å². The van der Waals surface area contributed by atoms with E-state index >= 15 is 0 Å². The Hall–Kier alpha value is -1.38. The standard InChI is InChI=1S/C18H24N2/c19-12-11-17-9-3-4-13-20(17)14-16-8-5-7-15-6-1-2-10-18(15)16/h1-2,5-8,10,17H,3-4,9,11-14,19H2. The lowest BCUT2D eigenvalue weighted by atomic mass is 9.97. The van der Waals surface area contributed by atoms with Crippen LogP contribution in [0.5, 0.6) is 0 Å². The van der Waals surface area contributed by atoms with Crippen LogP contribution in [0.2, 0.25) is 0 Å². The second-order valence-corrected chi connectivity index (χ2v) is 5.84. The van der Waals surface area contributed by atoms with Gasteiger partial charge in [-0.15, -0.1) is 0 Å². The van der Waals surface area contributed by atoms with Gasteiger partial charge in [-0.2, -0.15) is 0 Å². The predicted molar refractivity (Wildman–Crippen MR) is 85.7 cm³/mol. The van der Waals surface area contributed by atoms with Crippen molar-refractivity contribution in [3.8, 4) is 0 Å². The monoisotopic (exact) mass is 268 g/mol. The molecular weight excluding hydrogens is 244 g/mol. The van der Waals surface area contributed by atoms with Crippen LogP contribution in [-0.2, 0) is 6.54 Å². The van der Waals surface area contributed by atoms with E-state index in [0.29, 0.717) is 6.04 Å². The van der Waals surface area contributed by atoms with Crippen molar-refractivity contribution in [1.82, 2.24) is 4.90 Å². The molecule has 0 aromatic heterocycles. The summed E-state index contributed by atoms with van der Waals surface area (Å²) >= 11 is 0. The fraction of sp³-hybridized carbons (Fsp3) is 0.444. The predicted octanol–water partition coefficient (Wildman–Crippen LogP) is 3.54. The maximum Gasteiger partial charge on any atom is 0.0242 e. The van der Waals surface area contributed by atoms with Gasteiger partial charge >= 0.3 is 0 Å². The van der Waals surface area contributed by atoms with E-state index in [1.165, 1.54) is 42.1 Å². The van der Waals surface area contributed by atoms with Gasteiger partial charge in [-0.1, -0.05) is 48.9 Å². The highest BCUT2D eigenvalue weighted by atomic mass is 15.2. The third-order valence-electron chi connectivity index (χ3n) is 4.50. The van der Waals surface area contributed by atoms with Crippen molar-refractivity contribution < 1.29 is 0 Å². The highest BCUT2D eigenvalue weighted by Crippen LogP contribution is 2.25. The van der Waals surface area contributed by atoms with Crippen molar-refractivity contribution in [2.45, 2.75) is 38.3 Å². The van der Waals surface area contributed by atoms with E-state index < -0.39 is 0 Å². The first-order valence-electron chi connectivity index (χ1n) is 7.79. The summed E-state index contributed by atoms with van der Waals surface area (Å²) in [4.78, 5) is 2.64. The Labute approximate surface area is 121 Å². The zero-order valence-electron chi connectivity index (χ0n) is 12.1. The highest BCUT2D eigenvalue weighted by Gasteiger charge is 2.21. The fourth-order valence-corrected chi connectivity index (χ4v) is 3.44. The minimum Gasteiger partial charge on any atom is -0.330 e. The zero-order chi connectivity index (χ0) is 13.8. The highest BCUT2D eigenvalue weighted by molar-refractivity contribution is 5.85. The van der Waals surface area contributed by atoms with Gasteiger partial charge in [0.15, 0.2) is 0 Å². The number of hydrogen-bond acceptors (Lipinski definition) is 2. The molecule has 1 aliphatic rings. The summed E-state index contributed by atoms with van der Waals surface area (Å²) in [6.45, 7) is 3.08. The molecule has 0 bridgehead atoms. The topological polar surface area (TPSA) is 29.3 Å². The van der Waals surface area contributed by atoms with Crippen molar-refractivity contribution in [3.63, 3.8) is 0 Å². The van der Waals surface area contributed by atoms with Gasteiger partial charge in [-0.3, -0.25) is 4.90 Å². The number of fused-ring (bicyclic) bond motifs is 1. The normalized spacial score (nSPS) is 20.4. The van der Waals surface area contributed by atoms with Crippen LogP contribution in [0.3, 0.4) is 0 Å². The molecule has 20 heavy (non-hydrogen) atoms. The van der Waals surface area contributed by atoms with E-state index in [4.69, 9.17) is 5.73 Å². The Morgan fingerprint density at radius 1 is 1.05 bits per heavy atom. The first-order valence-corrected chi connectivity index (χ1v) is 7.79. The maximum absolute atomic E-state index is 5.78. The summed E-state index contributed by atoms with van der Waals surface area (Å²) in [6, 6.07) is 16.0. The Morgan fingerprint density at radius 3 is 2.80 bits per heavy atom. The van der Waals surface area contributed by atoms with Gasteiger partial charge in [-0.25, -0.2) is 0 Å². The largest absolute Gasteiger partial charge is 0.330 e. The van der Waals surface area contributed by atoms with Crippen LogP contribution in [0.4, 0.5) is 0 Å². The number of hydrogen-bond donors (Lipinski definition) is 1. The lowest BCUT2D eigenvalue weighted by molar-refractivity contribution is 0.134. The van der Waals surface area contributed by atoms with Gasteiger partial charge in [0.05, 0.1) is 0 Å². The molecule has 0 radical (unpaired) electrons. The van der Waals surface area contributed by atoms with Crippen molar-refractivity contribution in [1.29, 1.82) is 0 Å². The van der Waals surface area contributed by atoms with Crippen LogP contribution < -0.4 is 5.73 Å². The number of piperidine rings is 1. The van der Waals surface area contributed by atoms with Gasteiger partial charge in [0.25, 0.3) is 0 Å². The molecule has 0 saturated carbocycles. The van der Waals surface area contributed by atoms with E-state index in [2.05, 4.69) is 47.4 Å². The lowest BCUT2D eigenvalue weighted by Crippen LogP contribution is -2.40. The van der Waals surface area contributed by atoms with E-state index in [1.807, 2.05) is 0 Å². The second-order valence-electron chi connectivity index (χ2n) is 5.84. The van der Waals surface area contributed by atoms with Crippen LogP contribution in [0.15, 0.2) is 42.5 Å². The molecule has 2 aromatic carbocycles. The van der Waals surface area contributed by atoms with Gasteiger partial charge in [0.1, 0.15) is 0 Å². The van der Waals surface area contributed by atoms with Crippen LogP contribution in [-0.4, -0.2) is 24.0 Å². The quantitative estimate of drug-likeness (QED) is 0.919. The Morgan fingerprint density at radius 2 is 1.90 bits per heavy atom. The fourth-order valence-electron chi connectivity index (χ4n) is 3.44. The summed E-state index contributed by atoms with van der Waals surface area (Å²) in [5.41, 5.74) is 7.23. The summed E-state index contributed by atoms with van der Waals surface area (Å²) < 4.78 is 0. The summed E-state index contributed by atoms with van der Waals surface area (Å²) in [6.07, 6.45) is 5.12. The molecule has 0 spiro atoms. The average molecular weight is 268 g/mol. The first kappa shape index (κ1) is 13.6. The molecule has 0 amide bonds. The van der Waals surface area contributed by atoms with Gasteiger partial charge in [-0.05, 0) is 48.7 Å². The Kier molecular flexibility index (Phi) is 4.34. The number of nitrogens with two attached hydrogens (primary N) is 1. The van der Waals surface area contributed by atoms with Gasteiger partial charge in [0, 0.05) is 12.6 Å². The molecule has 1 heterocycles. The first-order chi connectivity index (χ1) is 9.88. The van der Waals surface area contributed by atoms with Gasteiger partial charge < -0.3 is 5.73 Å². The van der Waals surface area contributed by atoms with E-state index in [9.17, 15) is 0 Å². The minimum absolute atomic E-state index is 0.674. The molecule has 3 rings (SSSR count). The Bertz CT molecular complexity index is 557. The van der Waals surface area contributed by atoms with E-state index in [-0.39, 0.29) is 0 Å². The molecule has 1 unspecified atom stereocenters. The average Bonchev–Trinajstić information content (AvgIpc) is 2.50. The smallest absolute Gasteiger partial charge is 0.0242 e. The number of rotatable bonds is 4. The maximum atomic E-state index is 5.78. The van der Waals surface area contributed by atoms with Crippen molar-refractivity contribution in [2.24, 2.45) is 5.73 Å². The third kappa shape index (κ3) is 2.87. The van der Waals surface area contributed by atoms with E-state index in [1.54, 1.807) is 0 Å². The summed E-state index contributed by atoms with van der Waals surface area (Å²) in [5, 5.41) is 2.74. The van der Waals surface area contributed by atoms with Crippen molar-refractivity contribution in [3.05, 3.63) is 48.0 Å². The van der Waals surface area contributed by atoms with Crippen LogP contribution >= 0.6 is 0 Å². The molecule has 2 heteroatoms. The molecule has 106 valence electrons. The minimum atomic E-state index is 0.674. The number of likely N-dealkylation sites (tertiary alicyclic amines) is 1. The van der Waals surface area contributed by atoms with Crippen molar-refractivity contribution >= 4 is 10.8 Å². The molecule has 2 aromatic rings. The molecule has 0 aliphatic carbocycles. The molecule has 1 aliphatic heterocycles. The molecule has 1 atom stereocenters. The molecule has 1 fully saturated rings. The number of benzene rings is 2. The Balaban J connectivity index is 1.84. The summed E-state index contributed by atoms with van der Waals surface area (Å²) in [7, 11) is 0. The third-order valence-corrected chi connectivity index (χ3v) is 4.50. The van der Waals surface area contributed by atoms with Crippen LogP contribution in [0.1, 0.15) is 31.2 Å². The molecule has 2 nitrogen and oxygen atoms in total. The number of nitrogens with zero attached hydrogens (tertiary/aromatic N) is 1. The SMILES string of the molecule is NCCC1CCCCN1Cc1cccc2ccccc12. The van der Waals surface area contributed by atoms with Crippen LogP contribution in [0, 0.1) is 0 Å². The van der Waals surface area contributed by atoms with Crippen LogP contribution in [0.25, 0.3) is 10.8 Å². The molecular formula is C18H24N2. The van der Waals surface area contributed by atoms with Gasteiger partial charge in [0.2, 0.25) is 0 Å². The summed E-state index contributed by atoms with van der Waals surface area (Å²) in [5.74, 6) is 0. The van der Waals surface area contributed by atoms with Crippen molar-refractivity contribution in [2.75, 3.05) is 13.1 Å². The lowest BCUT2D eigenvalue weighted by Gasteiger charge is -2.36. The second kappa shape index (κ2) is 6.38. The molecule has 1 saturated heterocycles.